The van der Waals surface area contributed by atoms with Gasteiger partial charge in [0.25, 0.3) is 5.91 Å². The molecule has 1 fully saturated rings. The van der Waals surface area contributed by atoms with Crippen LogP contribution in [0.3, 0.4) is 0 Å². The molecular weight excluding hydrogens is 568 g/mol. The highest BCUT2D eigenvalue weighted by atomic mass is 35.5. The molecular formula is C33H33ClN4O5. The van der Waals surface area contributed by atoms with Crippen LogP contribution in [-0.4, -0.2) is 42.1 Å². The number of halogens is 1. The zero-order valence-corrected chi connectivity index (χ0v) is 25.0. The van der Waals surface area contributed by atoms with Crippen LogP contribution in [0.25, 0.3) is 10.9 Å². The number of amides is 1. The van der Waals surface area contributed by atoms with Gasteiger partial charge >= 0.3 is 0 Å². The molecule has 3 aromatic carbocycles. The monoisotopic (exact) mass is 600 g/mol. The van der Waals surface area contributed by atoms with Gasteiger partial charge in [-0.2, -0.15) is 5.26 Å². The predicted octanol–water partition coefficient (Wildman–Crippen LogP) is 7.09. The van der Waals surface area contributed by atoms with Crippen molar-refractivity contribution in [1.82, 2.24) is 10.3 Å². The van der Waals surface area contributed by atoms with E-state index in [9.17, 15) is 10.1 Å². The van der Waals surface area contributed by atoms with E-state index in [0.717, 1.165) is 18.5 Å². The van der Waals surface area contributed by atoms with Crippen LogP contribution in [0.1, 0.15) is 38.7 Å². The van der Waals surface area contributed by atoms with Gasteiger partial charge < -0.3 is 29.6 Å². The molecule has 1 heterocycles. The molecule has 0 saturated heterocycles. The second-order valence-electron chi connectivity index (χ2n) is 10.6. The number of para-hydroxylation sites is 2. The molecule has 222 valence electrons. The number of nitriles is 1. The van der Waals surface area contributed by atoms with Gasteiger partial charge in [0.05, 0.1) is 30.5 Å². The largest absolute Gasteiger partial charge is 0.491 e. The standard InChI is InChI=1S/C33H33ClN4O5/c1-33(2,32(39)38-23-9-10-23)43-28-8-5-4-7-27(28)42-24-13-11-22(12-14-24)37-30-25-17-21(19-35)20-36-26(25)18-29(31(30)40-3)41-16-6-15-34/h4-5,7-8,11-14,17-18,20,23,37H,6,9-10,15-16H2,1-3H3,(H,38,39). The van der Waals surface area contributed by atoms with Crippen molar-refractivity contribution in [3.8, 4) is 34.8 Å². The van der Waals surface area contributed by atoms with Crippen LogP contribution in [0.4, 0.5) is 11.4 Å². The Bertz CT molecular complexity index is 1650. The lowest BCUT2D eigenvalue weighted by Gasteiger charge is -2.26. The van der Waals surface area contributed by atoms with Gasteiger partial charge in [0, 0.05) is 35.3 Å². The fraction of sp³-hybridized carbons (Fsp3) is 0.303. The fourth-order valence-electron chi connectivity index (χ4n) is 4.36. The normalized spacial score (nSPS) is 12.7. The van der Waals surface area contributed by atoms with Crippen molar-refractivity contribution in [2.45, 2.75) is 44.8 Å². The van der Waals surface area contributed by atoms with Crippen molar-refractivity contribution in [3.05, 3.63) is 72.4 Å². The molecule has 5 rings (SSSR count). The highest BCUT2D eigenvalue weighted by Gasteiger charge is 2.35. The minimum Gasteiger partial charge on any atom is -0.491 e. The lowest BCUT2D eigenvalue weighted by molar-refractivity contribution is -0.134. The Balaban J connectivity index is 1.38. The number of ether oxygens (including phenoxy) is 4. The number of fused-ring (bicyclic) bond motifs is 1. The Morgan fingerprint density at radius 1 is 1.09 bits per heavy atom. The lowest BCUT2D eigenvalue weighted by atomic mass is 10.1. The molecule has 0 aliphatic heterocycles. The minimum atomic E-state index is -1.07. The molecule has 1 amide bonds. The number of benzene rings is 3. The SMILES string of the molecule is COc1c(OCCCCl)cc2ncc(C#N)cc2c1Nc1ccc(Oc2ccccc2OC(C)(C)C(=O)NC2CC2)cc1. The first-order valence-electron chi connectivity index (χ1n) is 14.0. The van der Waals surface area contributed by atoms with Crippen LogP contribution in [0.5, 0.6) is 28.7 Å². The van der Waals surface area contributed by atoms with Crippen molar-refractivity contribution in [2.24, 2.45) is 0 Å². The van der Waals surface area contributed by atoms with Crippen LogP contribution in [-0.2, 0) is 4.79 Å². The zero-order chi connectivity index (χ0) is 30.4. The van der Waals surface area contributed by atoms with Crippen molar-refractivity contribution in [1.29, 1.82) is 5.26 Å². The smallest absolute Gasteiger partial charge is 0.263 e. The van der Waals surface area contributed by atoms with Gasteiger partial charge in [-0.05, 0) is 75.6 Å². The van der Waals surface area contributed by atoms with Gasteiger partial charge in [0.15, 0.2) is 28.6 Å². The van der Waals surface area contributed by atoms with Crippen LogP contribution < -0.4 is 29.6 Å². The molecule has 1 aromatic heterocycles. The first kappa shape index (κ1) is 29.8. The molecule has 0 radical (unpaired) electrons. The summed E-state index contributed by atoms with van der Waals surface area (Å²) in [4.78, 5) is 17.2. The molecule has 0 bridgehead atoms. The highest BCUT2D eigenvalue weighted by Crippen LogP contribution is 2.43. The molecule has 0 atom stereocenters. The number of hydrogen-bond donors (Lipinski definition) is 2. The maximum Gasteiger partial charge on any atom is 0.263 e. The van der Waals surface area contributed by atoms with Gasteiger partial charge in [-0.25, -0.2) is 0 Å². The summed E-state index contributed by atoms with van der Waals surface area (Å²) in [5.41, 5.74) is 1.36. The summed E-state index contributed by atoms with van der Waals surface area (Å²) < 4.78 is 24.0. The van der Waals surface area contributed by atoms with Crippen LogP contribution >= 0.6 is 11.6 Å². The first-order valence-corrected chi connectivity index (χ1v) is 14.6. The zero-order valence-electron chi connectivity index (χ0n) is 24.3. The molecule has 0 spiro atoms. The Morgan fingerprint density at radius 3 is 2.51 bits per heavy atom. The van der Waals surface area contributed by atoms with E-state index in [0.29, 0.717) is 69.8 Å². The highest BCUT2D eigenvalue weighted by molar-refractivity contribution is 6.17. The molecule has 0 unspecified atom stereocenters. The third kappa shape index (κ3) is 7.22. The Labute approximate surface area is 255 Å². The number of aromatic nitrogens is 1. The van der Waals surface area contributed by atoms with E-state index in [-0.39, 0.29) is 11.9 Å². The summed E-state index contributed by atoms with van der Waals surface area (Å²) in [5.74, 6) is 2.84. The Kier molecular flexibility index (Phi) is 9.07. The summed E-state index contributed by atoms with van der Waals surface area (Å²) in [7, 11) is 1.57. The molecule has 1 aliphatic carbocycles. The number of pyridine rings is 1. The average molecular weight is 601 g/mol. The number of carbonyl (C=O) groups excluding carboxylic acids is 1. The van der Waals surface area contributed by atoms with E-state index in [1.54, 1.807) is 45.2 Å². The van der Waals surface area contributed by atoms with Crippen molar-refractivity contribution >= 4 is 39.8 Å². The van der Waals surface area contributed by atoms with E-state index in [1.165, 1.54) is 6.20 Å². The molecule has 1 aliphatic rings. The third-order valence-electron chi connectivity index (χ3n) is 6.80. The van der Waals surface area contributed by atoms with Crippen molar-refractivity contribution in [3.63, 3.8) is 0 Å². The van der Waals surface area contributed by atoms with Crippen molar-refractivity contribution in [2.75, 3.05) is 24.9 Å². The van der Waals surface area contributed by atoms with E-state index in [2.05, 4.69) is 21.7 Å². The summed E-state index contributed by atoms with van der Waals surface area (Å²) in [6.45, 7) is 3.90. The van der Waals surface area contributed by atoms with Crippen LogP contribution in [0, 0.1) is 11.3 Å². The van der Waals surface area contributed by atoms with Crippen molar-refractivity contribution < 1.29 is 23.7 Å². The molecule has 1 saturated carbocycles. The van der Waals surface area contributed by atoms with Crippen LogP contribution in [0.2, 0.25) is 0 Å². The number of methoxy groups -OCH3 is 1. The second-order valence-corrected chi connectivity index (χ2v) is 11.0. The number of hydrogen-bond acceptors (Lipinski definition) is 8. The maximum absolute atomic E-state index is 12.7. The first-order chi connectivity index (χ1) is 20.8. The third-order valence-corrected chi connectivity index (χ3v) is 7.07. The fourth-order valence-corrected chi connectivity index (χ4v) is 4.47. The Morgan fingerprint density at radius 2 is 1.84 bits per heavy atom. The van der Waals surface area contributed by atoms with E-state index < -0.39 is 5.60 Å². The topological polar surface area (TPSA) is 115 Å². The van der Waals surface area contributed by atoms with Crippen LogP contribution in [0.15, 0.2) is 66.9 Å². The second kappa shape index (κ2) is 13.1. The van der Waals surface area contributed by atoms with E-state index in [1.807, 2.05) is 36.4 Å². The molecule has 43 heavy (non-hydrogen) atoms. The van der Waals surface area contributed by atoms with E-state index >= 15 is 0 Å². The quantitative estimate of drug-likeness (QED) is 0.123. The maximum atomic E-state index is 12.7. The van der Waals surface area contributed by atoms with Gasteiger partial charge in [-0.15, -0.1) is 11.6 Å². The average Bonchev–Trinajstić information content (AvgIpc) is 3.83. The molecule has 2 N–H and O–H groups in total. The van der Waals surface area contributed by atoms with Gasteiger partial charge in [0.2, 0.25) is 0 Å². The number of carbonyl (C=O) groups is 1. The van der Waals surface area contributed by atoms with E-state index in [4.69, 9.17) is 30.5 Å². The summed E-state index contributed by atoms with van der Waals surface area (Å²) in [5, 5.41) is 16.6. The molecule has 10 heteroatoms. The molecule has 4 aromatic rings. The minimum absolute atomic E-state index is 0.159. The summed E-state index contributed by atoms with van der Waals surface area (Å²) in [6, 6.07) is 20.5. The van der Waals surface area contributed by atoms with Gasteiger partial charge in [0.1, 0.15) is 11.8 Å². The lowest BCUT2D eigenvalue weighted by Crippen LogP contribution is -2.47. The number of nitrogens with zero attached hydrogens (tertiary/aromatic N) is 2. The Hall–Kier alpha value is -4.68. The molecule has 9 nitrogen and oxygen atoms in total. The number of rotatable bonds is 13. The number of anilines is 2. The van der Waals surface area contributed by atoms with Gasteiger partial charge in [-0.3, -0.25) is 9.78 Å². The number of nitrogens with one attached hydrogen (secondary N) is 2. The predicted molar refractivity (Wildman–Crippen MR) is 166 cm³/mol. The number of alkyl halides is 1. The van der Waals surface area contributed by atoms with Gasteiger partial charge in [-0.1, -0.05) is 12.1 Å². The summed E-state index contributed by atoms with van der Waals surface area (Å²) >= 11 is 5.84. The summed E-state index contributed by atoms with van der Waals surface area (Å²) in [6.07, 6.45) is 4.20.